The minimum atomic E-state index is -1.11. The molecule has 23 heavy (non-hydrogen) atoms. The highest BCUT2D eigenvalue weighted by Crippen LogP contribution is 2.68. The molecule has 2 unspecified atom stereocenters. The molecule has 0 bridgehead atoms. The highest BCUT2D eigenvalue weighted by atomic mass is 16.3. The molecule has 0 aromatic heterocycles. The van der Waals surface area contributed by atoms with Crippen molar-refractivity contribution < 1.29 is 10.2 Å². The van der Waals surface area contributed by atoms with Crippen LogP contribution in [-0.4, -0.2) is 21.9 Å². The molecule has 4 aliphatic rings. The summed E-state index contributed by atoms with van der Waals surface area (Å²) in [6.45, 7) is 4.66. The van der Waals surface area contributed by atoms with Gasteiger partial charge in [-0.25, -0.2) is 0 Å². The van der Waals surface area contributed by atoms with Crippen molar-refractivity contribution in [1.82, 2.24) is 0 Å². The van der Waals surface area contributed by atoms with Gasteiger partial charge in [0.1, 0.15) is 0 Å². The summed E-state index contributed by atoms with van der Waals surface area (Å²) in [6.07, 6.45) is 9.31. The third kappa shape index (κ3) is 1.94. The number of nitriles is 1. The predicted octanol–water partition coefficient (Wildman–Crippen LogP) is 3.64. The summed E-state index contributed by atoms with van der Waals surface area (Å²) in [4.78, 5) is 0. The molecule has 3 heteroatoms. The van der Waals surface area contributed by atoms with Gasteiger partial charge in [-0.1, -0.05) is 13.8 Å². The van der Waals surface area contributed by atoms with Crippen molar-refractivity contribution in [3.05, 3.63) is 0 Å². The number of nitrogens with zero attached hydrogens (tertiary/aromatic N) is 1. The zero-order valence-electron chi connectivity index (χ0n) is 14.6. The number of aliphatic hydroxyl groups is 2. The smallest absolute Gasteiger partial charge is 0.156 e. The Hall–Kier alpha value is -0.590. The normalized spacial score (nSPS) is 58.7. The van der Waals surface area contributed by atoms with Crippen molar-refractivity contribution in [2.24, 2.45) is 34.5 Å². The second kappa shape index (κ2) is 4.96. The Morgan fingerprint density at radius 2 is 1.70 bits per heavy atom. The van der Waals surface area contributed by atoms with Gasteiger partial charge >= 0.3 is 0 Å². The molecule has 128 valence electrons. The van der Waals surface area contributed by atoms with Crippen molar-refractivity contribution in [3.8, 4) is 6.07 Å². The van der Waals surface area contributed by atoms with E-state index >= 15 is 0 Å². The molecule has 4 saturated carbocycles. The van der Waals surface area contributed by atoms with Crippen LogP contribution < -0.4 is 0 Å². The van der Waals surface area contributed by atoms with Crippen LogP contribution in [-0.2, 0) is 0 Å². The highest BCUT2D eigenvalue weighted by Gasteiger charge is 2.64. The van der Waals surface area contributed by atoms with E-state index in [2.05, 4.69) is 19.9 Å². The van der Waals surface area contributed by atoms with Crippen LogP contribution in [0, 0.1) is 45.8 Å². The van der Waals surface area contributed by atoms with E-state index in [1.807, 2.05) is 0 Å². The molecular formula is C20H31NO2. The molecule has 2 N–H and O–H groups in total. The van der Waals surface area contributed by atoms with Gasteiger partial charge in [0.05, 0.1) is 12.2 Å². The topological polar surface area (TPSA) is 64.2 Å². The number of hydrogen-bond acceptors (Lipinski definition) is 3. The molecule has 0 aliphatic heterocycles. The van der Waals surface area contributed by atoms with Gasteiger partial charge in [-0.3, -0.25) is 0 Å². The first-order chi connectivity index (χ1) is 10.8. The first kappa shape index (κ1) is 15.9. The lowest BCUT2D eigenvalue weighted by Gasteiger charge is -2.61. The molecule has 0 aromatic carbocycles. The second-order valence-electron chi connectivity index (χ2n) is 9.55. The molecule has 0 amide bonds. The van der Waals surface area contributed by atoms with Gasteiger partial charge in [-0.05, 0) is 86.9 Å². The van der Waals surface area contributed by atoms with Gasteiger partial charge in [0.2, 0.25) is 0 Å². The maximum Gasteiger partial charge on any atom is 0.156 e. The number of fused-ring (bicyclic) bond motifs is 5. The third-order valence-corrected chi connectivity index (χ3v) is 8.97. The van der Waals surface area contributed by atoms with Gasteiger partial charge in [-0.15, -0.1) is 0 Å². The Labute approximate surface area is 140 Å². The first-order valence-electron chi connectivity index (χ1n) is 9.66. The van der Waals surface area contributed by atoms with Crippen LogP contribution in [0.3, 0.4) is 0 Å². The third-order valence-electron chi connectivity index (χ3n) is 8.97. The number of aliphatic hydroxyl groups excluding tert-OH is 1. The first-order valence-corrected chi connectivity index (χ1v) is 9.66. The van der Waals surface area contributed by atoms with Gasteiger partial charge in [0.15, 0.2) is 5.60 Å². The SMILES string of the molecule is C[C@]12CCC(O)CC1CC[C@@H]1[C@@H]2CC[C@@]2(C)[C@H]1CC[C@@]2(O)C#N. The maximum absolute atomic E-state index is 10.9. The zero-order valence-corrected chi connectivity index (χ0v) is 14.6. The van der Waals surface area contributed by atoms with Crippen LogP contribution in [0.1, 0.15) is 71.6 Å². The van der Waals surface area contributed by atoms with Crippen molar-refractivity contribution in [3.63, 3.8) is 0 Å². The predicted molar refractivity (Wildman–Crippen MR) is 88.3 cm³/mol. The van der Waals surface area contributed by atoms with Crippen molar-refractivity contribution in [1.29, 1.82) is 5.26 Å². The minimum Gasteiger partial charge on any atom is -0.393 e. The minimum absolute atomic E-state index is 0.0892. The fourth-order valence-corrected chi connectivity index (χ4v) is 7.44. The Morgan fingerprint density at radius 3 is 2.43 bits per heavy atom. The summed E-state index contributed by atoms with van der Waals surface area (Å²) in [6, 6.07) is 2.27. The van der Waals surface area contributed by atoms with Crippen LogP contribution in [0.25, 0.3) is 0 Å². The maximum atomic E-state index is 10.9. The van der Waals surface area contributed by atoms with E-state index < -0.39 is 5.60 Å². The van der Waals surface area contributed by atoms with Crippen LogP contribution in [0.15, 0.2) is 0 Å². The summed E-state index contributed by atoms with van der Waals surface area (Å²) < 4.78 is 0. The van der Waals surface area contributed by atoms with E-state index in [0.717, 1.165) is 44.4 Å². The van der Waals surface area contributed by atoms with Gasteiger partial charge in [0, 0.05) is 5.41 Å². The molecule has 4 rings (SSSR count). The van der Waals surface area contributed by atoms with Crippen LogP contribution in [0.2, 0.25) is 0 Å². The largest absolute Gasteiger partial charge is 0.393 e. The summed E-state index contributed by atoms with van der Waals surface area (Å²) in [7, 11) is 0. The molecule has 0 saturated heterocycles. The van der Waals surface area contributed by atoms with Gasteiger partial charge in [0.25, 0.3) is 0 Å². The molecule has 4 aliphatic carbocycles. The van der Waals surface area contributed by atoms with E-state index in [9.17, 15) is 15.5 Å². The zero-order chi connectivity index (χ0) is 16.5. The average molecular weight is 317 g/mol. The summed E-state index contributed by atoms with van der Waals surface area (Å²) in [5.74, 6) is 2.59. The summed E-state index contributed by atoms with van der Waals surface area (Å²) in [5, 5.41) is 30.5. The fourth-order valence-electron chi connectivity index (χ4n) is 7.44. The quantitative estimate of drug-likeness (QED) is 0.670. The number of rotatable bonds is 0. The molecular weight excluding hydrogens is 286 g/mol. The van der Waals surface area contributed by atoms with E-state index in [1.54, 1.807) is 0 Å². The Morgan fingerprint density at radius 1 is 0.957 bits per heavy atom. The van der Waals surface area contributed by atoms with Crippen LogP contribution in [0.4, 0.5) is 0 Å². The van der Waals surface area contributed by atoms with E-state index in [-0.39, 0.29) is 11.5 Å². The van der Waals surface area contributed by atoms with Crippen molar-refractivity contribution in [2.45, 2.75) is 83.3 Å². The Balaban J connectivity index is 1.65. The molecule has 0 spiro atoms. The Kier molecular flexibility index (Phi) is 3.43. The average Bonchev–Trinajstić information content (AvgIpc) is 2.80. The molecule has 0 aromatic rings. The molecule has 0 radical (unpaired) electrons. The summed E-state index contributed by atoms with van der Waals surface area (Å²) in [5.41, 5.74) is -0.944. The molecule has 8 atom stereocenters. The molecule has 0 heterocycles. The van der Waals surface area contributed by atoms with E-state index in [1.165, 1.54) is 12.8 Å². The number of hydrogen-bond donors (Lipinski definition) is 2. The van der Waals surface area contributed by atoms with Gasteiger partial charge in [-0.2, -0.15) is 5.26 Å². The van der Waals surface area contributed by atoms with Crippen molar-refractivity contribution in [2.75, 3.05) is 0 Å². The lowest BCUT2D eigenvalue weighted by Crippen LogP contribution is -2.56. The lowest BCUT2D eigenvalue weighted by molar-refractivity contribution is -0.145. The summed E-state index contributed by atoms with van der Waals surface area (Å²) >= 11 is 0. The standard InChI is InChI=1S/C20H31NO2/c1-18-8-5-14(22)11-13(18)3-4-15-16(18)6-9-19(2)17(15)7-10-20(19,23)12-21/h13-17,22-23H,3-11H2,1-2H3/t13?,14?,15-,16+,17+,18+,19+,20-/m1/s1. The van der Waals surface area contributed by atoms with E-state index in [4.69, 9.17) is 0 Å². The molecule has 4 fully saturated rings. The van der Waals surface area contributed by atoms with Crippen LogP contribution >= 0.6 is 0 Å². The lowest BCUT2D eigenvalue weighted by atomic mass is 9.44. The second-order valence-corrected chi connectivity index (χ2v) is 9.55. The van der Waals surface area contributed by atoms with Crippen molar-refractivity contribution >= 4 is 0 Å². The van der Waals surface area contributed by atoms with Crippen LogP contribution in [0.5, 0.6) is 0 Å². The van der Waals surface area contributed by atoms with E-state index in [0.29, 0.717) is 29.6 Å². The Bertz CT molecular complexity index is 542. The van der Waals surface area contributed by atoms with Gasteiger partial charge < -0.3 is 10.2 Å². The monoisotopic (exact) mass is 317 g/mol. The fraction of sp³-hybridized carbons (Fsp3) is 0.950. The molecule has 3 nitrogen and oxygen atoms in total. The highest BCUT2D eigenvalue weighted by molar-refractivity contribution is 5.20.